The zero-order valence-corrected chi connectivity index (χ0v) is 29.2. The van der Waals surface area contributed by atoms with E-state index in [-0.39, 0.29) is 19.8 Å². The summed E-state index contributed by atoms with van der Waals surface area (Å²) in [7, 11) is 0. The summed E-state index contributed by atoms with van der Waals surface area (Å²) in [6.07, 6.45) is 22.7. The van der Waals surface area contributed by atoms with Crippen molar-refractivity contribution >= 4 is 43.6 Å². The molecule has 2 aromatic heterocycles. The molecule has 254 valence electrons. The molecule has 0 saturated heterocycles. The summed E-state index contributed by atoms with van der Waals surface area (Å²) in [5, 5.41) is 4.17. The van der Waals surface area contributed by atoms with E-state index in [1.54, 1.807) is 0 Å². The zero-order valence-electron chi connectivity index (χ0n) is 29.2. The molecule has 0 radical (unpaired) electrons. The first-order valence-electron chi connectivity index (χ1n) is 17.1. The van der Waals surface area contributed by atoms with Crippen molar-refractivity contribution in [3.8, 4) is 94.6 Å². The van der Waals surface area contributed by atoms with E-state index in [4.69, 9.17) is 44.6 Å². The maximum absolute atomic E-state index is 6.14. The monoisotopic (exact) mass is 680 g/mol. The number of fused-ring (bicyclic) bond motifs is 6. The minimum atomic E-state index is 0.159. The van der Waals surface area contributed by atoms with Crippen LogP contribution in [0.25, 0.3) is 65.9 Å². The number of hydrogen-bond donors (Lipinski definition) is 0. The van der Waals surface area contributed by atoms with Gasteiger partial charge in [0.05, 0.1) is 29.7 Å². The summed E-state index contributed by atoms with van der Waals surface area (Å²) in [6, 6.07) is 28.6. The van der Waals surface area contributed by atoms with E-state index in [1.807, 2.05) is 43.3 Å². The summed E-state index contributed by atoms with van der Waals surface area (Å²) in [4.78, 5) is 0. The van der Waals surface area contributed by atoms with Crippen LogP contribution >= 0.6 is 0 Å². The summed E-state index contributed by atoms with van der Waals surface area (Å²) in [5.74, 6) is 13.5. The van der Waals surface area contributed by atoms with Gasteiger partial charge >= 0.3 is 0 Å². The van der Waals surface area contributed by atoms with Crippen molar-refractivity contribution in [1.82, 2.24) is 9.13 Å². The third-order valence-corrected chi connectivity index (χ3v) is 9.17. The molecule has 0 aliphatic rings. The number of benzene rings is 5. The van der Waals surface area contributed by atoms with Gasteiger partial charge in [-0.2, -0.15) is 0 Å². The average molecular weight is 681 g/mol. The summed E-state index contributed by atoms with van der Waals surface area (Å²) >= 11 is 0. The van der Waals surface area contributed by atoms with Crippen molar-refractivity contribution in [2.75, 3.05) is 26.4 Å². The Kier molecular flexibility index (Phi) is 9.41. The molecule has 5 aromatic carbocycles. The van der Waals surface area contributed by atoms with Gasteiger partial charge in [0.15, 0.2) is 0 Å². The van der Waals surface area contributed by atoms with Crippen molar-refractivity contribution in [3.63, 3.8) is 0 Å². The standard InChI is InChI=1S/C46H36N2O4/c1-7-25-48-40-24-21-35(49-12-6)29-38(40)44-41(31-13-17-33(18-14-31)50-26-8-2)45-43(37-30-36(52-28-10-4)22-23-39(37)47(45)11-5)42(46(44)48)32-15-19-34(20-16-32)51-27-9-3/h1-4,13-24,29-30H,11-12,25-28H2,5-6H3. The molecule has 7 aromatic rings. The van der Waals surface area contributed by atoms with E-state index in [0.717, 1.165) is 71.6 Å². The fraction of sp³-hybridized carbons (Fsp3) is 0.174. The first-order valence-corrected chi connectivity index (χ1v) is 17.1. The first kappa shape index (κ1) is 33.6. The van der Waals surface area contributed by atoms with Crippen LogP contribution in [-0.4, -0.2) is 35.6 Å². The maximum atomic E-state index is 6.14. The molecular weight excluding hydrogens is 645 g/mol. The van der Waals surface area contributed by atoms with Gasteiger partial charge in [0, 0.05) is 44.7 Å². The Morgan fingerprint density at radius 2 is 0.923 bits per heavy atom. The molecule has 0 spiro atoms. The maximum Gasteiger partial charge on any atom is 0.148 e. The lowest BCUT2D eigenvalue weighted by atomic mass is 9.89. The molecule has 0 amide bonds. The third kappa shape index (κ3) is 5.78. The fourth-order valence-electron chi connectivity index (χ4n) is 7.23. The summed E-state index contributed by atoms with van der Waals surface area (Å²) in [5.41, 5.74) is 8.22. The van der Waals surface area contributed by atoms with Crippen LogP contribution in [0.1, 0.15) is 13.8 Å². The molecule has 0 N–H and O–H groups in total. The quantitative estimate of drug-likeness (QED) is 0.121. The second kappa shape index (κ2) is 14.5. The van der Waals surface area contributed by atoms with Gasteiger partial charge < -0.3 is 28.1 Å². The number of terminal acetylenes is 4. The Hall–Kier alpha value is -6.86. The minimum Gasteiger partial charge on any atom is -0.494 e. The lowest BCUT2D eigenvalue weighted by molar-refractivity contribution is 0.341. The predicted octanol–water partition coefficient (Wildman–Crippen LogP) is 9.32. The molecule has 0 aliphatic heterocycles. The molecule has 52 heavy (non-hydrogen) atoms. The first-order chi connectivity index (χ1) is 25.6. The number of aromatic nitrogens is 2. The highest BCUT2D eigenvalue weighted by molar-refractivity contribution is 6.32. The SMILES string of the molecule is C#CCOc1ccc(-c2c3c4cc(OCC)ccc4n(CC#C)c3c(-c3ccc(OCC#C)cc3)c3c4cc(OCC#C)ccc4n(CC)c23)cc1. The van der Waals surface area contributed by atoms with Crippen molar-refractivity contribution in [2.24, 2.45) is 0 Å². The van der Waals surface area contributed by atoms with Gasteiger partial charge in [0.2, 0.25) is 0 Å². The van der Waals surface area contributed by atoms with E-state index in [1.165, 1.54) is 0 Å². The van der Waals surface area contributed by atoms with Gasteiger partial charge in [0.25, 0.3) is 0 Å². The Labute approximate surface area is 303 Å². The third-order valence-electron chi connectivity index (χ3n) is 9.17. The second-order valence-corrected chi connectivity index (χ2v) is 12.0. The van der Waals surface area contributed by atoms with E-state index >= 15 is 0 Å². The van der Waals surface area contributed by atoms with Crippen LogP contribution in [0.5, 0.6) is 23.0 Å². The lowest BCUT2D eigenvalue weighted by Gasteiger charge is -2.17. The second-order valence-electron chi connectivity index (χ2n) is 12.0. The molecule has 0 saturated carbocycles. The van der Waals surface area contributed by atoms with Crippen LogP contribution in [0.15, 0.2) is 84.9 Å². The smallest absolute Gasteiger partial charge is 0.148 e. The minimum absolute atomic E-state index is 0.159. The van der Waals surface area contributed by atoms with Gasteiger partial charge in [-0.3, -0.25) is 0 Å². The molecule has 0 fully saturated rings. The molecule has 0 atom stereocenters. The predicted molar refractivity (Wildman–Crippen MR) is 212 cm³/mol. The fourth-order valence-corrected chi connectivity index (χ4v) is 7.23. The molecule has 2 heterocycles. The van der Waals surface area contributed by atoms with E-state index in [2.05, 4.69) is 88.3 Å². The molecule has 0 bridgehead atoms. The van der Waals surface area contributed by atoms with E-state index < -0.39 is 0 Å². The highest BCUT2D eigenvalue weighted by Crippen LogP contribution is 2.51. The van der Waals surface area contributed by atoms with Crippen LogP contribution in [-0.2, 0) is 13.1 Å². The van der Waals surface area contributed by atoms with Crippen molar-refractivity contribution in [3.05, 3.63) is 84.9 Å². The topological polar surface area (TPSA) is 46.8 Å². The molecule has 0 aliphatic carbocycles. The lowest BCUT2D eigenvalue weighted by Crippen LogP contribution is -2.00. The van der Waals surface area contributed by atoms with E-state index in [0.29, 0.717) is 36.9 Å². The largest absolute Gasteiger partial charge is 0.494 e. The highest BCUT2D eigenvalue weighted by atomic mass is 16.5. The summed E-state index contributed by atoms with van der Waals surface area (Å²) in [6.45, 7) is 6.26. The van der Waals surface area contributed by atoms with Crippen LogP contribution in [0.2, 0.25) is 0 Å². The van der Waals surface area contributed by atoms with Gasteiger partial charge in [-0.25, -0.2) is 0 Å². The van der Waals surface area contributed by atoms with Gasteiger partial charge in [-0.1, -0.05) is 47.9 Å². The zero-order chi connectivity index (χ0) is 36.2. The van der Waals surface area contributed by atoms with Gasteiger partial charge in [-0.15, -0.1) is 25.7 Å². The molecule has 6 heteroatoms. The van der Waals surface area contributed by atoms with Crippen molar-refractivity contribution in [2.45, 2.75) is 26.9 Å². The Morgan fingerprint density at radius 1 is 0.500 bits per heavy atom. The van der Waals surface area contributed by atoms with Gasteiger partial charge in [0.1, 0.15) is 42.8 Å². The van der Waals surface area contributed by atoms with Crippen LogP contribution in [0, 0.1) is 49.4 Å². The Balaban J connectivity index is 1.73. The normalized spacial score (nSPS) is 10.9. The molecule has 0 unspecified atom stereocenters. The molecular formula is C46H36N2O4. The van der Waals surface area contributed by atoms with Crippen LogP contribution < -0.4 is 18.9 Å². The highest BCUT2D eigenvalue weighted by Gasteiger charge is 2.28. The Bertz CT molecular complexity index is 2630. The van der Waals surface area contributed by atoms with Crippen LogP contribution in [0.3, 0.4) is 0 Å². The Morgan fingerprint density at radius 3 is 1.37 bits per heavy atom. The number of aryl methyl sites for hydroxylation is 1. The summed E-state index contributed by atoms with van der Waals surface area (Å²) < 4.78 is 28.2. The van der Waals surface area contributed by atoms with Crippen molar-refractivity contribution in [1.29, 1.82) is 0 Å². The number of hydrogen-bond acceptors (Lipinski definition) is 4. The molecule has 6 nitrogen and oxygen atoms in total. The number of rotatable bonds is 12. The van der Waals surface area contributed by atoms with Crippen molar-refractivity contribution < 1.29 is 18.9 Å². The number of nitrogens with zero attached hydrogens (tertiary/aromatic N) is 2. The number of ether oxygens (including phenoxy) is 4. The van der Waals surface area contributed by atoms with Crippen LogP contribution in [0.4, 0.5) is 0 Å². The molecule has 7 rings (SSSR count). The average Bonchev–Trinajstić information content (AvgIpc) is 3.67. The van der Waals surface area contributed by atoms with E-state index in [9.17, 15) is 0 Å². The van der Waals surface area contributed by atoms with Gasteiger partial charge in [-0.05, 0) is 85.6 Å².